The van der Waals surface area contributed by atoms with Crippen molar-refractivity contribution in [2.24, 2.45) is 0 Å². The van der Waals surface area contributed by atoms with Gasteiger partial charge in [0.1, 0.15) is 12.8 Å². The topological polar surface area (TPSA) is 103 Å². The number of nitrogens with one attached hydrogen (secondary N) is 1. The van der Waals surface area contributed by atoms with Crippen LogP contribution in [-0.2, 0) is 11.3 Å². The Morgan fingerprint density at radius 2 is 2.04 bits per heavy atom. The summed E-state index contributed by atoms with van der Waals surface area (Å²) in [5.74, 6) is -0.158. The van der Waals surface area contributed by atoms with Crippen molar-refractivity contribution in [3.8, 4) is 6.01 Å². The van der Waals surface area contributed by atoms with Crippen LogP contribution < -0.4 is 10.1 Å². The standard InChI is InChI=1S/C8H12N4O3.C7H6ClNO/c1-10-2-3-11-6-7(12(13)14)9-8(11)15-5-4-10;8-6-1-3-7(4-2-6)9-5-10/h6H,2-5H2,1H3;1-5H,(H,9,10). The minimum absolute atomic E-state index is 0.158. The van der Waals surface area contributed by atoms with Gasteiger partial charge in [0.05, 0.1) is 0 Å². The van der Waals surface area contributed by atoms with E-state index in [0.29, 0.717) is 30.6 Å². The van der Waals surface area contributed by atoms with Gasteiger partial charge in [0.2, 0.25) is 6.41 Å². The number of likely N-dealkylation sites (N-methyl/N-ethyl adjacent to an activating group) is 1. The van der Waals surface area contributed by atoms with Crippen molar-refractivity contribution in [1.82, 2.24) is 14.5 Å². The van der Waals surface area contributed by atoms with Gasteiger partial charge in [-0.05, 0) is 36.2 Å². The maximum absolute atomic E-state index is 10.5. The fraction of sp³-hybridized carbons (Fsp3) is 0.333. The number of halogens is 1. The second kappa shape index (κ2) is 9.00. The molecule has 0 saturated carbocycles. The third kappa shape index (κ3) is 5.73. The largest absolute Gasteiger partial charge is 0.444 e. The van der Waals surface area contributed by atoms with E-state index < -0.39 is 4.92 Å². The molecule has 0 atom stereocenters. The lowest BCUT2D eigenvalue weighted by Gasteiger charge is -2.19. The Balaban J connectivity index is 0.000000196. The molecule has 1 amide bonds. The number of nitro groups is 1. The third-order valence-corrected chi connectivity index (χ3v) is 3.66. The molecule has 9 nitrogen and oxygen atoms in total. The zero-order valence-corrected chi connectivity index (χ0v) is 14.3. The predicted molar refractivity (Wildman–Crippen MR) is 93.0 cm³/mol. The zero-order valence-electron chi connectivity index (χ0n) is 13.6. The summed E-state index contributed by atoms with van der Waals surface area (Å²) >= 11 is 5.60. The third-order valence-electron chi connectivity index (χ3n) is 3.41. The highest BCUT2D eigenvalue weighted by Crippen LogP contribution is 2.18. The van der Waals surface area contributed by atoms with Crippen LogP contribution in [-0.4, -0.2) is 52.5 Å². The first-order valence-corrected chi connectivity index (χ1v) is 7.86. The van der Waals surface area contributed by atoms with Crippen LogP contribution >= 0.6 is 11.6 Å². The van der Waals surface area contributed by atoms with Crippen LogP contribution in [0.15, 0.2) is 30.5 Å². The summed E-state index contributed by atoms with van der Waals surface area (Å²) in [7, 11) is 1.99. The number of rotatable bonds is 3. The molecular formula is C15H18ClN5O4. The quantitative estimate of drug-likeness (QED) is 0.506. The molecule has 0 fully saturated rings. The predicted octanol–water partition coefficient (Wildman–Crippen LogP) is 2.02. The maximum Gasteiger partial charge on any atom is 0.414 e. The van der Waals surface area contributed by atoms with E-state index >= 15 is 0 Å². The van der Waals surface area contributed by atoms with Crippen molar-refractivity contribution in [3.63, 3.8) is 0 Å². The van der Waals surface area contributed by atoms with Crippen LogP contribution in [0.1, 0.15) is 0 Å². The molecule has 2 heterocycles. The van der Waals surface area contributed by atoms with Gasteiger partial charge in [-0.3, -0.25) is 9.36 Å². The second-order valence-corrected chi connectivity index (χ2v) is 5.69. The summed E-state index contributed by atoms with van der Waals surface area (Å²) in [5.41, 5.74) is 0.749. The van der Waals surface area contributed by atoms with Crippen molar-refractivity contribution in [2.45, 2.75) is 6.54 Å². The Morgan fingerprint density at radius 3 is 2.68 bits per heavy atom. The average molecular weight is 368 g/mol. The number of carbonyl (C=O) groups is 1. The Hall–Kier alpha value is -2.65. The molecule has 1 aromatic carbocycles. The lowest BCUT2D eigenvalue weighted by molar-refractivity contribution is -0.389. The van der Waals surface area contributed by atoms with Crippen LogP contribution in [0.5, 0.6) is 6.01 Å². The van der Waals surface area contributed by atoms with Crippen LogP contribution in [0, 0.1) is 10.1 Å². The molecule has 3 rings (SSSR count). The highest BCUT2D eigenvalue weighted by atomic mass is 35.5. The number of hydrogen-bond donors (Lipinski definition) is 1. The van der Waals surface area contributed by atoms with Crippen LogP contribution in [0.4, 0.5) is 11.5 Å². The van der Waals surface area contributed by atoms with E-state index in [1.165, 1.54) is 6.20 Å². The molecule has 1 aliphatic heterocycles. The van der Waals surface area contributed by atoms with Gasteiger partial charge >= 0.3 is 11.8 Å². The summed E-state index contributed by atoms with van der Waals surface area (Å²) in [4.78, 5) is 25.8. The zero-order chi connectivity index (χ0) is 18.2. The van der Waals surface area contributed by atoms with Gasteiger partial charge in [0.15, 0.2) is 0 Å². The van der Waals surface area contributed by atoms with Gasteiger partial charge in [-0.1, -0.05) is 11.6 Å². The molecule has 1 aliphatic rings. The Labute approximate surface area is 149 Å². The number of carbonyl (C=O) groups excluding carboxylic acids is 1. The molecule has 1 N–H and O–H groups in total. The fourth-order valence-electron chi connectivity index (χ4n) is 2.05. The Bertz CT molecular complexity index is 719. The molecule has 0 unspecified atom stereocenters. The minimum atomic E-state index is -0.509. The summed E-state index contributed by atoms with van der Waals surface area (Å²) in [6.07, 6.45) is 2.04. The molecule has 10 heteroatoms. The highest BCUT2D eigenvalue weighted by molar-refractivity contribution is 6.30. The summed E-state index contributed by atoms with van der Waals surface area (Å²) in [6.45, 7) is 2.81. The molecule has 2 aromatic rings. The molecule has 0 bridgehead atoms. The number of ether oxygens (including phenoxy) is 1. The number of fused-ring (bicyclic) bond motifs is 1. The summed E-state index contributed by atoms with van der Waals surface area (Å²) in [5, 5.41) is 13.7. The van der Waals surface area contributed by atoms with E-state index in [9.17, 15) is 14.9 Å². The molecule has 0 saturated heterocycles. The monoisotopic (exact) mass is 367 g/mol. The summed E-state index contributed by atoms with van der Waals surface area (Å²) < 4.78 is 7.01. The molecule has 1 aromatic heterocycles. The van der Waals surface area contributed by atoms with E-state index in [4.69, 9.17) is 16.3 Å². The number of benzene rings is 1. The normalized spacial score (nSPS) is 14.0. The number of aromatic nitrogens is 2. The first-order chi connectivity index (χ1) is 12.0. The van der Waals surface area contributed by atoms with E-state index in [0.717, 1.165) is 18.8 Å². The van der Waals surface area contributed by atoms with Crippen molar-refractivity contribution in [1.29, 1.82) is 0 Å². The van der Waals surface area contributed by atoms with Crippen molar-refractivity contribution in [2.75, 3.05) is 32.1 Å². The first-order valence-electron chi connectivity index (χ1n) is 7.48. The van der Waals surface area contributed by atoms with Gasteiger partial charge in [-0.2, -0.15) is 0 Å². The van der Waals surface area contributed by atoms with Gasteiger partial charge in [0, 0.05) is 35.3 Å². The lowest BCUT2D eigenvalue weighted by atomic mass is 10.3. The number of imidazole rings is 1. The van der Waals surface area contributed by atoms with Crippen LogP contribution in [0.2, 0.25) is 5.02 Å². The van der Waals surface area contributed by atoms with Crippen molar-refractivity contribution < 1.29 is 14.5 Å². The smallest absolute Gasteiger partial charge is 0.414 e. The minimum Gasteiger partial charge on any atom is -0.444 e. The number of nitrogens with zero attached hydrogens (tertiary/aromatic N) is 4. The maximum atomic E-state index is 10.5. The molecule has 0 radical (unpaired) electrons. The molecule has 0 aliphatic carbocycles. The van der Waals surface area contributed by atoms with E-state index in [1.54, 1.807) is 28.8 Å². The number of amides is 1. The second-order valence-electron chi connectivity index (χ2n) is 5.25. The number of hydrogen-bond acceptors (Lipinski definition) is 6. The molecule has 25 heavy (non-hydrogen) atoms. The van der Waals surface area contributed by atoms with Gasteiger partial charge in [0.25, 0.3) is 0 Å². The average Bonchev–Trinajstić information content (AvgIpc) is 2.97. The van der Waals surface area contributed by atoms with Gasteiger partial charge in [-0.25, -0.2) is 0 Å². The van der Waals surface area contributed by atoms with Crippen molar-refractivity contribution in [3.05, 3.63) is 45.6 Å². The first kappa shape index (κ1) is 18.7. The number of anilines is 1. The highest BCUT2D eigenvalue weighted by Gasteiger charge is 2.21. The molecule has 134 valence electrons. The SMILES string of the molecule is CN1CCOc2nc([N+](=O)[O-])cn2CC1.O=CNc1ccc(Cl)cc1. The Morgan fingerprint density at radius 1 is 1.32 bits per heavy atom. The van der Waals surface area contributed by atoms with Crippen molar-refractivity contribution >= 4 is 29.5 Å². The van der Waals surface area contributed by atoms with E-state index in [1.807, 2.05) is 7.05 Å². The fourth-order valence-corrected chi connectivity index (χ4v) is 2.17. The van der Waals surface area contributed by atoms with Gasteiger partial charge < -0.3 is 25.1 Å². The lowest BCUT2D eigenvalue weighted by Crippen LogP contribution is -2.30. The van der Waals surface area contributed by atoms with Crippen LogP contribution in [0.3, 0.4) is 0 Å². The molecular weight excluding hydrogens is 350 g/mol. The van der Waals surface area contributed by atoms with Gasteiger partial charge in [-0.15, -0.1) is 0 Å². The van der Waals surface area contributed by atoms with Crippen LogP contribution in [0.25, 0.3) is 0 Å². The van der Waals surface area contributed by atoms with E-state index in [2.05, 4.69) is 15.2 Å². The molecule has 0 spiro atoms. The summed E-state index contributed by atoms with van der Waals surface area (Å²) in [6, 6.07) is 7.24. The van der Waals surface area contributed by atoms with E-state index in [-0.39, 0.29) is 5.82 Å². The Kier molecular flexibility index (Phi) is 6.72.